The standard InChI is InChI=1S/C20H34.C3H8O3S.H2O/c1-4-5-6-7-8-9-10-11-12-13-16-20-17-14-15-18(2)19(20)3;1-2-3-7(4,5)6;/h14-15,17H,4-13,16H2,1-3H3;2-3H2,1H3,(H,4,5,6);1H2. The van der Waals surface area contributed by atoms with Crippen LogP contribution in [0.5, 0.6) is 0 Å². The maximum atomic E-state index is 9.79. The third-order valence-electron chi connectivity index (χ3n) is 4.98. The number of benzene rings is 1. The fourth-order valence-corrected chi connectivity index (χ4v) is 3.66. The minimum atomic E-state index is -3.67. The molecule has 0 aliphatic rings. The molecule has 0 bridgehead atoms. The maximum absolute atomic E-state index is 9.79. The van der Waals surface area contributed by atoms with Crippen LogP contribution in [0.3, 0.4) is 0 Å². The summed E-state index contributed by atoms with van der Waals surface area (Å²) < 4.78 is 27.6. The quantitative estimate of drug-likeness (QED) is 0.305. The lowest BCUT2D eigenvalue weighted by molar-refractivity contribution is 0.482. The van der Waals surface area contributed by atoms with Crippen molar-refractivity contribution in [2.75, 3.05) is 5.75 Å². The third-order valence-corrected chi connectivity index (χ3v) is 5.90. The number of hydrogen-bond acceptors (Lipinski definition) is 2. The molecule has 0 atom stereocenters. The summed E-state index contributed by atoms with van der Waals surface area (Å²) in [7, 11) is -3.67. The van der Waals surface area contributed by atoms with Crippen molar-refractivity contribution in [3.05, 3.63) is 34.9 Å². The van der Waals surface area contributed by atoms with Crippen molar-refractivity contribution in [1.82, 2.24) is 0 Å². The van der Waals surface area contributed by atoms with Crippen molar-refractivity contribution in [3.63, 3.8) is 0 Å². The zero-order valence-electron chi connectivity index (χ0n) is 18.6. The SMILES string of the molecule is CCCCCCCCCCCCc1cccc(C)c1C.CCCS(=O)(=O)O.O. The fourth-order valence-electron chi connectivity index (χ4n) is 3.14. The second kappa shape index (κ2) is 18.1. The summed E-state index contributed by atoms with van der Waals surface area (Å²) in [6.07, 6.45) is 16.0. The van der Waals surface area contributed by atoms with Crippen LogP contribution in [-0.4, -0.2) is 24.2 Å². The lowest BCUT2D eigenvalue weighted by atomic mass is 9.98. The highest BCUT2D eigenvalue weighted by molar-refractivity contribution is 7.85. The molecular formula is C23H44O4S. The van der Waals surface area contributed by atoms with Crippen molar-refractivity contribution < 1.29 is 18.4 Å². The van der Waals surface area contributed by atoms with E-state index in [2.05, 4.69) is 39.0 Å². The van der Waals surface area contributed by atoms with Gasteiger partial charge in [-0.1, -0.05) is 89.8 Å². The van der Waals surface area contributed by atoms with Crippen molar-refractivity contribution in [3.8, 4) is 0 Å². The van der Waals surface area contributed by atoms with E-state index in [-0.39, 0.29) is 11.2 Å². The zero-order valence-corrected chi connectivity index (χ0v) is 19.4. The van der Waals surface area contributed by atoms with Crippen LogP contribution in [-0.2, 0) is 16.5 Å². The smallest absolute Gasteiger partial charge is 0.264 e. The van der Waals surface area contributed by atoms with E-state index in [4.69, 9.17) is 4.55 Å². The molecule has 0 radical (unpaired) electrons. The molecule has 0 unspecified atom stereocenters. The van der Waals surface area contributed by atoms with Gasteiger partial charge >= 0.3 is 0 Å². The maximum Gasteiger partial charge on any atom is 0.264 e. The van der Waals surface area contributed by atoms with Gasteiger partial charge in [0.05, 0.1) is 5.75 Å². The van der Waals surface area contributed by atoms with Gasteiger partial charge in [0, 0.05) is 0 Å². The summed E-state index contributed by atoms with van der Waals surface area (Å²) >= 11 is 0. The Morgan fingerprint density at radius 2 is 1.29 bits per heavy atom. The van der Waals surface area contributed by atoms with Crippen molar-refractivity contribution in [2.45, 2.75) is 105 Å². The molecule has 0 aromatic heterocycles. The molecule has 0 amide bonds. The Bertz CT molecular complexity index is 582. The van der Waals surface area contributed by atoms with Crippen LogP contribution in [0.1, 0.15) is 101 Å². The number of unbranched alkanes of at least 4 members (excludes halogenated alkanes) is 9. The van der Waals surface area contributed by atoms with Crippen molar-refractivity contribution in [2.24, 2.45) is 0 Å². The Hall–Kier alpha value is -0.910. The topological polar surface area (TPSA) is 85.9 Å². The highest BCUT2D eigenvalue weighted by Gasteiger charge is 2.00. The molecule has 28 heavy (non-hydrogen) atoms. The van der Waals surface area contributed by atoms with Crippen LogP contribution >= 0.6 is 0 Å². The van der Waals surface area contributed by atoms with Gasteiger partial charge in [-0.25, -0.2) is 0 Å². The predicted octanol–water partition coefficient (Wildman–Crippen LogP) is 6.23. The monoisotopic (exact) mass is 416 g/mol. The van der Waals surface area contributed by atoms with Gasteiger partial charge in [-0.3, -0.25) is 4.55 Å². The van der Waals surface area contributed by atoms with Gasteiger partial charge in [-0.2, -0.15) is 8.42 Å². The summed E-state index contributed by atoms with van der Waals surface area (Å²) in [4.78, 5) is 0. The third kappa shape index (κ3) is 17.2. The molecule has 0 spiro atoms. The Balaban J connectivity index is 0. The van der Waals surface area contributed by atoms with Gasteiger partial charge in [-0.05, 0) is 49.8 Å². The summed E-state index contributed by atoms with van der Waals surface area (Å²) in [5.41, 5.74) is 4.50. The summed E-state index contributed by atoms with van der Waals surface area (Å²) in [5.74, 6) is -0.132. The largest absolute Gasteiger partial charge is 0.412 e. The van der Waals surface area contributed by atoms with Crippen LogP contribution in [0.2, 0.25) is 0 Å². The van der Waals surface area contributed by atoms with Gasteiger partial charge in [0.2, 0.25) is 0 Å². The Labute approximate surface area is 174 Å². The molecule has 1 aromatic carbocycles. The first-order chi connectivity index (χ1) is 12.8. The second-order valence-electron chi connectivity index (χ2n) is 7.58. The Morgan fingerprint density at radius 1 is 0.786 bits per heavy atom. The first kappa shape index (κ1) is 29.3. The molecule has 0 aliphatic heterocycles. The molecule has 0 saturated carbocycles. The summed E-state index contributed by atoms with van der Waals surface area (Å²) in [6, 6.07) is 6.72. The van der Waals surface area contributed by atoms with Gasteiger partial charge in [0.15, 0.2) is 0 Å². The molecule has 1 rings (SSSR count). The molecular weight excluding hydrogens is 372 g/mol. The highest BCUT2D eigenvalue weighted by Crippen LogP contribution is 2.16. The number of hydrogen-bond donors (Lipinski definition) is 1. The molecule has 1 aromatic rings. The van der Waals surface area contributed by atoms with Crippen molar-refractivity contribution in [1.29, 1.82) is 0 Å². The number of aryl methyl sites for hydroxylation is 2. The molecule has 0 heterocycles. The molecule has 3 N–H and O–H groups in total. The van der Waals surface area contributed by atoms with E-state index in [1.54, 1.807) is 12.5 Å². The van der Waals surface area contributed by atoms with E-state index in [1.807, 2.05) is 0 Å². The molecule has 0 aliphatic carbocycles. The van der Waals surface area contributed by atoms with Crippen LogP contribution in [0.4, 0.5) is 0 Å². The fraction of sp³-hybridized carbons (Fsp3) is 0.739. The molecule has 5 heteroatoms. The van der Waals surface area contributed by atoms with Gasteiger partial charge in [0.25, 0.3) is 10.1 Å². The van der Waals surface area contributed by atoms with Crippen LogP contribution in [0, 0.1) is 13.8 Å². The van der Waals surface area contributed by atoms with E-state index in [9.17, 15) is 8.42 Å². The van der Waals surface area contributed by atoms with Crippen LogP contribution < -0.4 is 0 Å². The average molecular weight is 417 g/mol. The van der Waals surface area contributed by atoms with Gasteiger partial charge in [0.1, 0.15) is 0 Å². The molecule has 166 valence electrons. The molecule has 0 fully saturated rings. The highest BCUT2D eigenvalue weighted by atomic mass is 32.2. The lowest BCUT2D eigenvalue weighted by Crippen LogP contribution is -2.01. The number of rotatable bonds is 13. The van der Waals surface area contributed by atoms with Gasteiger partial charge < -0.3 is 5.48 Å². The minimum absolute atomic E-state index is 0. The lowest BCUT2D eigenvalue weighted by Gasteiger charge is -2.08. The zero-order chi connectivity index (χ0) is 20.5. The second-order valence-corrected chi connectivity index (χ2v) is 9.15. The molecule has 0 saturated heterocycles. The van der Waals surface area contributed by atoms with E-state index in [1.165, 1.54) is 81.8 Å². The Morgan fingerprint density at radius 3 is 1.71 bits per heavy atom. The first-order valence-electron chi connectivity index (χ1n) is 10.8. The van der Waals surface area contributed by atoms with E-state index < -0.39 is 10.1 Å². The summed E-state index contributed by atoms with van der Waals surface area (Å²) in [6.45, 7) is 8.46. The van der Waals surface area contributed by atoms with Gasteiger partial charge in [-0.15, -0.1) is 0 Å². The molecule has 4 nitrogen and oxygen atoms in total. The minimum Gasteiger partial charge on any atom is -0.412 e. The average Bonchev–Trinajstić information content (AvgIpc) is 2.59. The predicted molar refractivity (Wildman–Crippen MR) is 122 cm³/mol. The Kier molecular flexibility index (Phi) is 19.0. The van der Waals surface area contributed by atoms with E-state index in [0.29, 0.717) is 6.42 Å². The van der Waals surface area contributed by atoms with E-state index >= 15 is 0 Å². The van der Waals surface area contributed by atoms with Crippen molar-refractivity contribution >= 4 is 10.1 Å². The van der Waals surface area contributed by atoms with E-state index in [0.717, 1.165) is 0 Å². The first-order valence-corrected chi connectivity index (χ1v) is 12.4. The normalized spacial score (nSPS) is 10.8. The van der Waals surface area contributed by atoms with Crippen LogP contribution in [0.15, 0.2) is 18.2 Å². The van der Waals surface area contributed by atoms with Crippen LogP contribution in [0.25, 0.3) is 0 Å². The summed E-state index contributed by atoms with van der Waals surface area (Å²) in [5, 5.41) is 0.